The van der Waals surface area contributed by atoms with Crippen LogP contribution in [0.5, 0.6) is 0 Å². The lowest BCUT2D eigenvalue weighted by Crippen LogP contribution is -2.38. The fraction of sp³-hybridized carbons (Fsp3) is 0.667. The van der Waals surface area contributed by atoms with E-state index in [1.807, 2.05) is 0 Å². The smallest absolute Gasteiger partial charge is 0.307 e. The first-order chi connectivity index (χ1) is 13.4. The fourth-order valence-corrected chi connectivity index (χ4v) is 7.25. The molecule has 4 rings (SSSR count). The van der Waals surface area contributed by atoms with Crippen molar-refractivity contribution in [2.75, 3.05) is 5.32 Å². The van der Waals surface area contributed by atoms with Crippen molar-refractivity contribution < 1.29 is 19.5 Å². The molecule has 1 aromatic rings. The number of amides is 2. The van der Waals surface area contributed by atoms with Crippen LogP contribution in [0.15, 0.2) is 0 Å². The maximum Gasteiger partial charge on any atom is 0.307 e. The first-order valence-electron chi connectivity index (χ1n) is 10.4. The molecule has 3 aliphatic carbocycles. The van der Waals surface area contributed by atoms with Gasteiger partial charge in [0.05, 0.1) is 17.4 Å². The zero-order valence-corrected chi connectivity index (χ0v) is 17.0. The lowest BCUT2D eigenvalue weighted by Gasteiger charge is -2.26. The lowest BCUT2D eigenvalue weighted by atomic mass is 9.78. The van der Waals surface area contributed by atoms with Crippen LogP contribution in [0.2, 0.25) is 0 Å². The summed E-state index contributed by atoms with van der Waals surface area (Å²) < 4.78 is 0. The van der Waals surface area contributed by atoms with Crippen LogP contribution in [0.4, 0.5) is 5.00 Å². The molecule has 5 atom stereocenters. The third-order valence-electron chi connectivity index (χ3n) is 7.05. The number of rotatable bonds is 6. The third kappa shape index (κ3) is 3.23. The number of hydrogen-bond donors (Lipinski definition) is 3. The van der Waals surface area contributed by atoms with E-state index in [0.717, 1.165) is 61.8 Å². The van der Waals surface area contributed by atoms with Gasteiger partial charge in [-0.1, -0.05) is 19.8 Å². The molecule has 2 saturated carbocycles. The fourth-order valence-electron chi connectivity index (χ4n) is 5.88. The highest BCUT2D eigenvalue weighted by Gasteiger charge is 2.54. The molecule has 152 valence electrons. The van der Waals surface area contributed by atoms with Gasteiger partial charge in [0.15, 0.2) is 0 Å². The van der Waals surface area contributed by atoms with E-state index in [1.165, 1.54) is 11.3 Å². The van der Waals surface area contributed by atoms with E-state index in [-0.39, 0.29) is 17.7 Å². The third-order valence-corrected chi connectivity index (χ3v) is 8.22. The van der Waals surface area contributed by atoms with Crippen molar-refractivity contribution in [1.82, 2.24) is 0 Å². The number of carbonyl (C=O) groups excluding carboxylic acids is 2. The number of primary amides is 1. The first-order valence-corrected chi connectivity index (χ1v) is 11.2. The van der Waals surface area contributed by atoms with E-state index in [9.17, 15) is 19.5 Å². The quantitative estimate of drug-likeness (QED) is 0.674. The molecule has 2 fully saturated rings. The normalized spacial score (nSPS) is 30.8. The number of anilines is 1. The number of thiophene rings is 1. The van der Waals surface area contributed by atoms with Crippen molar-refractivity contribution in [1.29, 1.82) is 0 Å². The van der Waals surface area contributed by atoms with Crippen LogP contribution in [0.25, 0.3) is 0 Å². The summed E-state index contributed by atoms with van der Waals surface area (Å²) in [5, 5.41) is 13.1. The van der Waals surface area contributed by atoms with E-state index in [1.54, 1.807) is 0 Å². The van der Waals surface area contributed by atoms with Crippen molar-refractivity contribution in [2.45, 2.75) is 58.3 Å². The van der Waals surface area contributed by atoms with Gasteiger partial charge < -0.3 is 16.2 Å². The predicted molar refractivity (Wildman–Crippen MR) is 107 cm³/mol. The Balaban J connectivity index is 1.59. The van der Waals surface area contributed by atoms with Gasteiger partial charge in [-0.2, -0.15) is 0 Å². The Labute approximate surface area is 168 Å². The van der Waals surface area contributed by atoms with Crippen molar-refractivity contribution in [2.24, 2.45) is 35.3 Å². The summed E-state index contributed by atoms with van der Waals surface area (Å²) in [5.74, 6) is -1.93. The Morgan fingerprint density at radius 3 is 2.54 bits per heavy atom. The number of carbonyl (C=O) groups is 3. The van der Waals surface area contributed by atoms with E-state index in [4.69, 9.17) is 5.73 Å². The number of carboxylic acids is 1. The van der Waals surface area contributed by atoms with Gasteiger partial charge in [0.1, 0.15) is 5.00 Å². The molecule has 0 spiro atoms. The molecular formula is C21H28N2O4S. The summed E-state index contributed by atoms with van der Waals surface area (Å²) in [6.45, 7) is 2.18. The standard InChI is InChI=1S/C21H28N2O4S/c1-2-3-10-4-7-13-14(8-10)28-20(17(13)18(22)24)23-19(25)15-11-5-6-12(9-11)16(15)21(26)27/h10-12,15-16H,2-9H2,1H3,(H2,22,24)(H,23,25)(H,26,27)/t10-,11-,12-,15-,16+/m1/s1. The highest BCUT2D eigenvalue weighted by molar-refractivity contribution is 7.17. The minimum Gasteiger partial charge on any atom is -0.481 e. The van der Waals surface area contributed by atoms with Crippen LogP contribution in [-0.4, -0.2) is 22.9 Å². The summed E-state index contributed by atoms with van der Waals surface area (Å²) in [6, 6.07) is 0. The van der Waals surface area contributed by atoms with Gasteiger partial charge in [-0.25, -0.2) is 0 Å². The average Bonchev–Trinajstić information content (AvgIpc) is 3.33. The summed E-state index contributed by atoms with van der Waals surface area (Å²) in [4.78, 5) is 38.1. The zero-order chi connectivity index (χ0) is 20.0. The number of nitrogens with one attached hydrogen (secondary N) is 1. The predicted octanol–water partition coefficient (Wildman–Crippen LogP) is 3.44. The lowest BCUT2D eigenvalue weighted by molar-refractivity contribution is -0.148. The van der Waals surface area contributed by atoms with Gasteiger partial charge in [-0.3, -0.25) is 14.4 Å². The van der Waals surface area contributed by atoms with E-state index >= 15 is 0 Å². The molecule has 0 aromatic carbocycles. The van der Waals surface area contributed by atoms with Crippen molar-refractivity contribution in [3.8, 4) is 0 Å². The molecule has 7 heteroatoms. The minimum atomic E-state index is -0.879. The van der Waals surface area contributed by atoms with Crippen LogP contribution >= 0.6 is 11.3 Å². The molecule has 6 nitrogen and oxygen atoms in total. The molecule has 0 saturated heterocycles. The largest absolute Gasteiger partial charge is 0.481 e. The second kappa shape index (κ2) is 7.50. The van der Waals surface area contributed by atoms with Crippen molar-refractivity contribution in [3.05, 3.63) is 16.0 Å². The number of carboxylic acid groups (broad SMARTS) is 1. The minimum absolute atomic E-state index is 0.0974. The van der Waals surface area contributed by atoms with E-state index in [2.05, 4.69) is 12.2 Å². The second-order valence-electron chi connectivity index (χ2n) is 8.68. The molecule has 0 unspecified atom stereocenters. The molecule has 0 aliphatic heterocycles. The molecule has 1 heterocycles. The SMILES string of the molecule is CCC[C@@H]1CCc2c(sc(NC(=O)[C@@H]3[C@@H]4CC[C@H](C4)[C@@H]3C(=O)O)c2C(N)=O)C1. The van der Waals surface area contributed by atoms with Gasteiger partial charge in [-0.05, 0) is 61.8 Å². The summed E-state index contributed by atoms with van der Waals surface area (Å²) in [5.41, 5.74) is 7.10. The van der Waals surface area contributed by atoms with Crippen LogP contribution in [0.1, 0.15) is 66.2 Å². The van der Waals surface area contributed by atoms with Gasteiger partial charge in [0.2, 0.25) is 5.91 Å². The Morgan fingerprint density at radius 2 is 1.89 bits per heavy atom. The first kappa shape index (κ1) is 19.4. The topological polar surface area (TPSA) is 109 Å². The Kier molecular flexibility index (Phi) is 5.21. The van der Waals surface area contributed by atoms with Crippen LogP contribution in [0.3, 0.4) is 0 Å². The van der Waals surface area contributed by atoms with E-state index in [0.29, 0.717) is 16.5 Å². The number of nitrogens with two attached hydrogens (primary N) is 1. The molecule has 3 aliphatic rings. The monoisotopic (exact) mass is 404 g/mol. The molecule has 0 radical (unpaired) electrons. The molecule has 28 heavy (non-hydrogen) atoms. The Hall–Kier alpha value is -1.89. The highest BCUT2D eigenvalue weighted by Crippen LogP contribution is 2.53. The average molecular weight is 405 g/mol. The van der Waals surface area contributed by atoms with Gasteiger partial charge >= 0.3 is 5.97 Å². The van der Waals surface area contributed by atoms with Crippen LogP contribution < -0.4 is 11.1 Å². The maximum atomic E-state index is 13.1. The van der Waals surface area contributed by atoms with Crippen LogP contribution in [-0.2, 0) is 22.4 Å². The van der Waals surface area contributed by atoms with Gasteiger partial charge in [0, 0.05) is 4.88 Å². The number of fused-ring (bicyclic) bond motifs is 3. The van der Waals surface area contributed by atoms with Gasteiger partial charge in [0.25, 0.3) is 5.91 Å². The summed E-state index contributed by atoms with van der Waals surface area (Å²) in [6.07, 6.45) is 7.70. The molecular weight excluding hydrogens is 376 g/mol. The number of hydrogen-bond acceptors (Lipinski definition) is 4. The summed E-state index contributed by atoms with van der Waals surface area (Å²) >= 11 is 1.46. The molecule has 2 bridgehead atoms. The van der Waals surface area contributed by atoms with Gasteiger partial charge in [-0.15, -0.1) is 11.3 Å². The number of aliphatic carboxylic acids is 1. The molecule has 2 amide bonds. The Morgan fingerprint density at radius 1 is 1.18 bits per heavy atom. The molecule has 1 aromatic heterocycles. The van der Waals surface area contributed by atoms with E-state index < -0.39 is 23.7 Å². The Bertz CT molecular complexity index is 818. The second-order valence-corrected chi connectivity index (χ2v) is 9.79. The van der Waals surface area contributed by atoms with Crippen molar-refractivity contribution in [3.63, 3.8) is 0 Å². The van der Waals surface area contributed by atoms with Crippen molar-refractivity contribution >= 4 is 34.1 Å². The zero-order valence-electron chi connectivity index (χ0n) is 16.2. The highest BCUT2D eigenvalue weighted by atomic mass is 32.1. The molecule has 4 N–H and O–H groups in total. The summed E-state index contributed by atoms with van der Waals surface area (Å²) in [7, 11) is 0. The maximum absolute atomic E-state index is 13.1. The van der Waals surface area contributed by atoms with Crippen LogP contribution in [0, 0.1) is 29.6 Å².